The van der Waals surface area contributed by atoms with Gasteiger partial charge in [0.25, 0.3) is 0 Å². The van der Waals surface area contributed by atoms with Gasteiger partial charge in [-0.1, -0.05) is 12.8 Å². The lowest BCUT2D eigenvalue weighted by Crippen LogP contribution is -2.37. The van der Waals surface area contributed by atoms with Gasteiger partial charge in [0.05, 0.1) is 6.54 Å². The number of likely N-dealkylation sites (tertiary alicyclic amines) is 1. The molecule has 1 fully saturated rings. The number of rotatable bonds is 4. The zero-order valence-corrected chi connectivity index (χ0v) is 11.5. The van der Waals surface area contributed by atoms with Gasteiger partial charge in [-0.25, -0.2) is 8.78 Å². The lowest BCUT2D eigenvalue weighted by atomic mass is 10.2. The Balaban J connectivity index is 1.79. The molecule has 1 saturated heterocycles. The zero-order chi connectivity index (χ0) is 14.4. The molecule has 1 aliphatic heterocycles. The Hall–Kier alpha value is -1.49. The number of amides is 1. The second-order valence-corrected chi connectivity index (χ2v) is 5.24. The molecule has 3 nitrogen and oxygen atoms in total. The van der Waals surface area contributed by atoms with Gasteiger partial charge in [-0.3, -0.25) is 9.69 Å². The first-order chi connectivity index (χ1) is 9.63. The number of hydrogen-bond acceptors (Lipinski definition) is 2. The van der Waals surface area contributed by atoms with Crippen molar-refractivity contribution in [2.45, 2.75) is 32.2 Å². The number of halogens is 2. The van der Waals surface area contributed by atoms with Crippen molar-refractivity contribution < 1.29 is 13.6 Å². The molecule has 2 rings (SSSR count). The number of carbonyl (C=O) groups excluding carboxylic acids is 1. The van der Waals surface area contributed by atoms with Gasteiger partial charge in [-0.2, -0.15) is 0 Å². The molecular weight excluding hydrogens is 262 g/mol. The SMILES string of the molecule is O=C(CN1CCCCCC1)NCc1cc(F)cc(F)c1. The number of hydrogen-bond donors (Lipinski definition) is 1. The summed E-state index contributed by atoms with van der Waals surface area (Å²) in [6, 6.07) is 3.28. The van der Waals surface area contributed by atoms with Crippen molar-refractivity contribution in [1.29, 1.82) is 0 Å². The second kappa shape index (κ2) is 7.33. The van der Waals surface area contributed by atoms with E-state index in [0.29, 0.717) is 12.1 Å². The van der Waals surface area contributed by atoms with Gasteiger partial charge in [0, 0.05) is 12.6 Å². The fourth-order valence-corrected chi connectivity index (χ4v) is 2.47. The van der Waals surface area contributed by atoms with Crippen LogP contribution in [0.5, 0.6) is 0 Å². The van der Waals surface area contributed by atoms with Crippen LogP contribution in [-0.4, -0.2) is 30.4 Å². The Kier molecular flexibility index (Phi) is 5.47. The van der Waals surface area contributed by atoms with Crippen molar-refractivity contribution in [3.8, 4) is 0 Å². The molecule has 5 heteroatoms. The van der Waals surface area contributed by atoms with Crippen LogP contribution in [0.1, 0.15) is 31.2 Å². The van der Waals surface area contributed by atoms with Crippen molar-refractivity contribution in [3.63, 3.8) is 0 Å². The first-order valence-corrected chi connectivity index (χ1v) is 7.07. The van der Waals surface area contributed by atoms with Crippen LogP contribution in [0.25, 0.3) is 0 Å². The summed E-state index contributed by atoms with van der Waals surface area (Å²) in [5.41, 5.74) is 0.437. The maximum atomic E-state index is 13.0. The quantitative estimate of drug-likeness (QED) is 0.920. The van der Waals surface area contributed by atoms with Crippen LogP contribution in [-0.2, 0) is 11.3 Å². The van der Waals surface area contributed by atoms with E-state index in [2.05, 4.69) is 10.2 Å². The second-order valence-electron chi connectivity index (χ2n) is 5.24. The fraction of sp³-hybridized carbons (Fsp3) is 0.533. The van der Waals surface area contributed by atoms with Crippen molar-refractivity contribution in [1.82, 2.24) is 10.2 Å². The molecule has 0 spiro atoms. The Morgan fingerprint density at radius 1 is 1.05 bits per heavy atom. The molecule has 1 N–H and O–H groups in total. The minimum atomic E-state index is -0.623. The fourth-order valence-electron chi connectivity index (χ4n) is 2.47. The average Bonchev–Trinajstić information content (AvgIpc) is 2.64. The maximum absolute atomic E-state index is 13.0. The molecule has 0 unspecified atom stereocenters. The van der Waals surface area contributed by atoms with Gasteiger partial charge >= 0.3 is 0 Å². The highest BCUT2D eigenvalue weighted by atomic mass is 19.1. The summed E-state index contributed by atoms with van der Waals surface area (Å²) in [5.74, 6) is -1.35. The van der Waals surface area contributed by atoms with Crippen LogP contribution < -0.4 is 5.32 Å². The minimum absolute atomic E-state index is 0.100. The summed E-state index contributed by atoms with van der Waals surface area (Å²) in [5, 5.41) is 2.71. The molecule has 1 aromatic carbocycles. The van der Waals surface area contributed by atoms with Crippen LogP contribution in [0, 0.1) is 11.6 Å². The van der Waals surface area contributed by atoms with Crippen molar-refractivity contribution in [2.24, 2.45) is 0 Å². The summed E-state index contributed by atoms with van der Waals surface area (Å²) in [6.07, 6.45) is 4.70. The van der Waals surface area contributed by atoms with Gasteiger partial charge in [0.1, 0.15) is 11.6 Å². The number of carbonyl (C=O) groups is 1. The molecule has 0 aromatic heterocycles. The number of nitrogens with one attached hydrogen (secondary N) is 1. The molecule has 110 valence electrons. The van der Waals surface area contributed by atoms with Gasteiger partial charge in [0.2, 0.25) is 5.91 Å². The van der Waals surface area contributed by atoms with Crippen molar-refractivity contribution in [2.75, 3.05) is 19.6 Å². The summed E-state index contributed by atoms with van der Waals surface area (Å²) in [4.78, 5) is 14.0. The Labute approximate surface area is 118 Å². The van der Waals surface area contributed by atoms with E-state index in [9.17, 15) is 13.6 Å². The van der Waals surface area contributed by atoms with E-state index in [1.807, 2.05) is 0 Å². The van der Waals surface area contributed by atoms with E-state index in [4.69, 9.17) is 0 Å². The largest absolute Gasteiger partial charge is 0.351 e. The van der Waals surface area contributed by atoms with Crippen LogP contribution in [0.4, 0.5) is 8.78 Å². The van der Waals surface area contributed by atoms with Gasteiger partial charge in [0.15, 0.2) is 0 Å². The third-order valence-corrected chi connectivity index (χ3v) is 3.48. The van der Waals surface area contributed by atoms with Crippen LogP contribution in [0.3, 0.4) is 0 Å². The predicted octanol–water partition coefficient (Wildman–Crippen LogP) is 2.46. The van der Waals surface area contributed by atoms with E-state index in [-0.39, 0.29) is 12.5 Å². The molecule has 1 amide bonds. The lowest BCUT2D eigenvalue weighted by Gasteiger charge is -2.18. The van der Waals surface area contributed by atoms with E-state index in [0.717, 1.165) is 32.0 Å². The van der Waals surface area contributed by atoms with Gasteiger partial charge in [-0.15, -0.1) is 0 Å². The summed E-state index contributed by atoms with van der Waals surface area (Å²) in [7, 11) is 0. The van der Waals surface area contributed by atoms with E-state index in [1.165, 1.54) is 25.0 Å². The number of nitrogens with zero attached hydrogens (tertiary/aromatic N) is 1. The molecule has 1 aliphatic rings. The maximum Gasteiger partial charge on any atom is 0.234 e. The number of benzene rings is 1. The van der Waals surface area contributed by atoms with Crippen molar-refractivity contribution >= 4 is 5.91 Å². The molecule has 0 bridgehead atoms. The molecule has 0 atom stereocenters. The molecule has 20 heavy (non-hydrogen) atoms. The third-order valence-electron chi connectivity index (χ3n) is 3.48. The minimum Gasteiger partial charge on any atom is -0.351 e. The first-order valence-electron chi connectivity index (χ1n) is 7.07. The smallest absolute Gasteiger partial charge is 0.234 e. The van der Waals surface area contributed by atoms with Gasteiger partial charge < -0.3 is 5.32 Å². The van der Waals surface area contributed by atoms with E-state index < -0.39 is 11.6 Å². The van der Waals surface area contributed by atoms with Gasteiger partial charge in [-0.05, 0) is 43.6 Å². The Bertz CT molecular complexity index is 437. The first kappa shape index (κ1) is 14.9. The molecule has 0 radical (unpaired) electrons. The molecule has 1 heterocycles. The van der Waals surface area contributed by atoms with Crippen LogP contribution in [0.2, 0.25) is 0 Å². The lowest BCUT2D eigenvalue weighted by molar-refractivity contribution is -0.122. The van der Waals surface area contributed by atoms with E-state index in [1.54, 1.807) is 0 Å². The molecule has 0 aliphatic carbocycles. The monoisotopic (exact) mass is 282 g/mol. The third kappa shape index (κ3) is 4.89. The Morgan fingerprint density at radius 3 is 2.25 bits per heavy atom. The van der Waals surface area contributed by atoms with E-state index >= 15 is 0 Å². The summed E-state index contributed by atoms with van der Waals surface area (Å²) >= 11 is 0. The molecule has 1 aromatic rings. The highest BCUT2D eigenvalue weighted by Gasteiger charge is 2.12. The highest BCUT2D eigenvalue weighted by molar-refractivity contribution is 5.78. The summed E-state index contributed by atoms with van der Waals surface area (Å²) in [6.45, 7) is 2.41. The summed E-state index contributed by atoms with van der Waals surface area (Å²) < 4.78 is 26.0. The average molecular weight is 282 g/mol. The topological polar surface area (TPSA) is 32.3 Å². The molecule has 0 saturated carbocycles. The zero-order valence-electron chi connectivity index (χ0n) is 11.5. The van der Waals surface area contributed by atoms with Crippen LogP contribution in [0.15, 0.2) is 18.2 Å². The molecular formula is C15H20F2N2O. The van der Waals surface area contributed by atoms with Crippen molar-refractivity contribution in [3.05, 3.63) is 35.4 Å². The Morgan fingerprint density at radius 2 is 1.65 bits per heavy atom. The normalized spacial score (nSPS) is 16.7. The van der Waals surface area contributed by atoms with Crippen LogP contribution >= 0.6 is 0 Å². The highest BCUT2D eigenvalue weighted by Crippen LogP contribution is 2.09. The predicted molar refractivity (Wildman–Crippen MR) is 73.1 cm³/mol. The standard InChI is InChI=1S/C15H20F2N2O/c16-13-7-12(8-14(17)9-13)10-18-15(20)11-19-5-3-1-2-4-6-19/h7-9H,1-6,10-11H2,(H,18,20).